The number of anilines is 3. The van der Waals surface area contributed by atoms with Crippen LogP contribution in [0.4, 0.5) is 17.1 Å². The Hall–Kier alpha value is -7.63. The van der Waals surface area contributed by atoms with Crippen molar-refractivity contribution in [1.29, 1.82) is 0 Å². The zero-order chi connectivity index (χ0) is 42.5. The third-order valence-corrected chi connectivity index (χ3v) is 9.66. The van der Waals surface area contributed by atoms with Gasteiger partial charge in [-0.25, -0.2) is 15.0 Å². The van der Waals surface area contributed by atoms with Gasteiger partial charge in [0.2, 0.25) is 0 Å². The number of benzene rings is 8. The molecular weight excluding hydrogens is 685 g/mol. The average Bonchev–Trinajstić information content (AvgIpc) is 3.74. The second-order valence-corrected chi connectivity index (χ2v) is 13.2. The Morgan fingerprint density at radius 1 is 0.393 bits per heavy atom. The number of fused-ring (bicyclic) bond motifs is 3. The SMILES string of the molecule is [2H]c1c([2H])c([2H])c2c(oc3c([2H])c(N(c4ccccc4)c4ccc(-c5ccccc5)cc4)c([2H])c(-c4ccc(-c5nc(-c6ccccc6)nc(-c6ccccc6)n5)cc4)c32)c1[2H]. The van der Waals surface area contributed by atoms with Gasteiger partial charge in [-0.15, -0.1) is 0 Å². The lowest BCUT2D eigenvalue weighted by molar-refractivity contribution is 0.669. The number of rotatable bonds is 8. The summed E-state index contributed by atoms with van der Waals surface area (Å²) in [5.74, 6) is 1.47. The molecule has 0 aliphatic rings. The third-order valence-electron chi connectivity index (χ3n) is 9.66. The minimum absolute atomic E-state index is 0.0285. The van der Waals surface area contributed by atoms with Gasteiger partial charge in [-0.1, -0.05) is 164 Å². The van der Waals surface area contributed by atoms with Gasteiger partial charge in [0, 0.05) is 44.9 Å². The van der Waals surface area contributed by atoms with Gasteiger partial charge in [-0.2, -0.15) is 0 Å². The number of furan rings is 1. The van der Waals surface area contributed by atoms with Crippen molar-refractivity contribution < 1.29 is 12.6 Å². The van der Waals surface area contributed by atoms with Crippen molar-refractivity contribution in [3.8, 4) is 56.4 Å². The molecule has 0 unspecified atom stereocenters. The summed E-state index contributed by atoms with van der Waals surface area (Å²) in [5.41, 5.74) is 6.87. The maximum atomic E-state index is 10.1. The standard InChI is InChI=1S/C51H34N4O/c1-5-15-35(16-6-1)36-29-31-42(32-30-36)55(41-21-11-4-12-22-41)43-33-45(48-44-23-13-14-24-46(44)56-47(48)34-43)37-25-27-40(28-26-37)51-53-49(38-17-7-2-8-18-38)52-50(54-51)39-19-9-3-10-20-39/h1-34H/i13D,14D,23D,24D,33D,34D. The zero-order valence-corrected chi connectivity index (χ0v) is 29.9. The third kappa shape index (κ3) is 6.27. The summed E-state index contributed by atoms with van der Waals surface area (Å²) < 4.78 is 61.1. The van der Waals surface area contributed by atoms with Crippen molar-refractivity contribution in [2.24, 2.45) is 0 Å². The molecule has 0 aliphatic carbocycles. The molecule has 0 atom stereocenters. The molecule has 264 valence electrons. The van der Waals surface area contributed by atoms with Crippen molar-refractivity contribution in [3.63, 3.8) is 0 Å². The Labute approximate surface area is 333 Å². The molecule has 5 heteroatoms. The van der Waals surface area contributed by atoms with Crippen molar-refractivity contribution in [3.05, 3.63) is 206 Å². The van der Waals surface area contributed by atoms with E-state index in [4.69, 9.17) is 24.9 Å². The van der Waals surface area contributed by atoms with Gasteiger partial charge in [0.1, 0.15) is 11.2 Å². The molecule has 0 radical (unpaired) electrons. The average molecular weight is 725 g/mol. The fourth-order valence-electron chi connectivity index (χ4n) is 6.94. The first-order valence-corrected chi connectivity index (χ1v) is 18.2. The van der Waals surface area contributed by atoms with Crippen LogP contribution in [0.15, 0.2) is 211 Å². The summed E-state index contributed by atoms with van der Waals surface area (Å²) in [6, 6.07) is 52.6. The molecule has 10 rings (SSSR count). The first-order valence-electron chi connectivity index (χ1n) is 21.2. The topological polar surface area (TPSA) is 55.1 Å². The predicted molar refractivity (Wildman–Crippen MR) is 229 cm³/mol. The Kier molecular flexibility index (Phi) is 6.91. The molecule has 0 saturated heterocycles. The molecule has 0 amide bonds. The predicted octanol–water partition coefficient (Wildman–Crippen LogP) is 13.6. The van der Waals surface area contributed by atoms with Gasteiger partial charge >= 0.3 is 0 Å². The van der Waals surface area contributed by atoms with Crippen LogP contribution >= 0.6 is 0 Å². The van der Waals surface area contributed by atoms with Crippen LogP contribution in [-0.4, -0.2) is 15.0 Å². The van der Waals surface area contributed by atoms with Gasteiger partial charge in [0.15, 0.2) is 17.5 Å². The highest BCUT2D eigenvalue weighted by Crippen LogP contribution is 2.44. The second-order valence-electron chi connectivity index (χ2n) is 13.2. The number of aromatic nitrogens is 3. The van der Waals surface area contributed by atoms with Crippen LogP contribution < -0.4 is 4.90 Å². The van der Waals surface area contributed by atoms with Gasteiger partial charge in [0.25, 0.3) is 0 Å². The first-order chi connectivity index (χ1) is 30.3. The Bertz CT molecular complexity index is 3220. The van der Waals surface area contributed by atoms with Crippen molar-refractivity contribution in [1.82, 2.24) is 15.0 Å². The summed E-state index contributed by atoms with van der Waals surface area (Å²) in [6.45, 7) is 0. The fraction of sp³-hybridized carbons (Fsp3) is 0. The lowest BCUT2D eigenvalue weighted by atomic mass is 9.97. The van der Waals surface area contributed by atoms with Crippen LogP contribution in [0.25, 0.3) is 78.4 Å². The number of para-hydroxylation sites is 2. The molecule has 0 fully saturated rings. The molecule has 0 N–H and O–H groups in total. The molecule has 56 heavy (non-hydrogen) atoms. The van der Waals surface area contributed by atoms with Crippen molar-refractivity contribution in [2.75, 3.05) is 4.90 Å². The maximum absolute atomic E-state index is 10.1. The van der Waals surface area contributed by atoms with Crippen LogP contribution in [0.3, 0.4) is 0 Å². The van der Waals surface area contributed by atoms with E-state index >= 15 is 0 Å². The normalized spacial score (nSPS) is 12.7. The van der Waals surface area contributed by atoms with Crippen LogP contribution in [0, 0.1) is 0 Å². The molecule has 2 aromatic heterocycles. The Balaban J connectivity index is 1.20. The van der Waals surface area contributed by atoms with Gasteiger partial charge in [-0.05, 0) is 58.6 Å². The van der Waals surface area contributed by atoms with E-state index in [9.17, 15) is 2.74 Å². The highest BCUT2D eigenvalue weighted by Gasteiger charge is 2.20. The van der Waals surface area contributed by atoms with Crippen molar-refractivity contribution in [2.45, 2.75) is 0 Å². The summed E-state index contributed by atoms with van der Waals surface area (Å²) in [5, 5.41) is 0.360. The van der Waals surface area contributed by atoms with Gasteiger partial charge in [0.05, 0.1) is 13.9 Å². The lowest BCUT2D eigenvalue weighted by Gasteiger charge is -2.26. The highest BCUT2D eigenvalue weighted by atomic mass is 16.3. The number of nitrogens with zero attached hydrogens (tertiary/aromatic N) is 4. The molecule has 10 aromatic rings. The number of hydrogen-bond acceptors (Lipinski definition) is 5. The highest BCUT2D eigenvalue weighted by molar-refractivity contribution is 6.14. The zero-order valence-electron chi connectivity index (χ0n) is 35.9. The summed E-state index contributed by atoms with van der Waals surface area (Å²) in [7, 11) is 0. The molecule has 0 saturated carbocycles. The maximum Gasteiger partial charge on any atom is 0.164 e. The van der Waals surface area contributed by atoms with Crippen LogP contribution in [0.5, 0.6) is 0 Å². The summed E-state index contributed by atoms with van der Waals surface area (Å²) >= 11 is 0. The molecule has 8 aromatic carbocycles. The van der Waals surface area contributed by atoms with Crippen LogP contribution in [-0.2, 0) is 0 Å². The van der Waals surface area contributed by atoms with Gasteiger partial charge in [-0.3, -0.25) is 0 Å². The minimum atomic E-state index is -0.447. The first kappa shape index (κ1) is 27.0. The van der Waals surface area contributed by atoms with Gasteiger partial charge < -0.3 is 9.32 Å². The summed E-state index contributed by atoms with van der Waals surface area (Å²) in [6.07, 6.45) is 0. The molecular formula is C51H34N4O. The van der Waals surface area contributed by atoms with Crippen LogP contribution in [0.2, 0.25) is 0 Å². The van der Waals surface area contributed by atoms with E-state index in [0.717, 1.165) is 22.3 Å². The minimum Gasteiger partial charge on any atom is -0.456 e. The Morgan fingerprint density at radius 3 is 1.43 bits per heavy atom. The van der Waals surface area contributed by atoms with Crippen LogP contribution in [0.1, 0.15) is 8.22 Å². The molecule has 0 bridgehead atoms. The second kappa shape index (κ2) is 14.3. The van der Waals surface area contributed by atoms with E-state index in [0.29, 0.717) is 45.5 Å². The van der Waals surface area contributed by atoms with E-state index < -0.39 is 12.1 Å². The van der Waals surface area contributed by atoms with E-state index in [1.807, 2.05) is 175 Å². The molecule has 5 nitrogen and oxygen atoms in total. The van der Waals surface area contributed by atoms with Crippen molar-refractivity contribution >= 4 is 39.0 Å². The largest absolute Gasteiger partial charge is 0.456 e. The smallest absolute Gasteiger partial charge is 0.164 e. The summed E-state index contributed by atoms with van der Waals surface area (Å²) in [4.78, 5) is 16.5. The monoisotopic (exact) mass is 724 g/mol. The molecule has 0 spiro atoms. The number of hydrogen-bond donors (Lipinski definition) is 0. The molecule has 0 aliphatic heterocycles. The van der Waals surface area contributed by atoms with E-state index in [1.165, 1.54) is 0 Å². The lowest BCUT2D eigenvalue weighted by Crippen LogP contribution is -2.10. The quantitative estimate of drug-likeness (QED) is 0.156. The van der Waals surface area contributed by atoms with E-state index in [-0.39, 0.29) is 51.8 Å². The van der Waals surface area contributed by atoms with E-state index in [1.54, 1.807) is 0 Å². The Morgan fingerprint density at radius 2 is 0.839 bits per heavy atom. The fourth-order valence-corrected chi connectivity index (χ4v) is 6.94. The molecule has 2 heterocycles. The van der Waals surface area contributed by atoms with E-state index in [2.05, 4.69) is 0 Å².